The summed E-state index contributed by atoms with van der Waals surface area (Å²) < 4.78 is 30.4. The number of hydrogen-bond donors (Lipinski definition) is 1. The van der Waals surface area contributed by atoms with Crippen LogP contribution in [-0.4, -0.2) is 47.0 Å². The molecule has 0 bridgehead atoms. The van der Waals surface area contributed by atoms with Gasteiger partial charge in [0.1, 0.15) is 5.82 Å². The van der Waals surface area contributed by atoms with Gasteiger partial charge in [0.15, 0.2) is 5.65 Å². The standard InChI is InChI=1S/C14H21N5O2S/c20-22(21,18-10-3-1-4-11-18)15-9-6-8-14-17-16-13-7-2-5-12-19(13)14/h2,5,7,12,15H,1,3-4,6,8-11H2. The molecular formula is C14H21N5O2S. The second kappa shape index (κ2) is 6.72. The Labute approximate surface area is 130 Å². The summed E-state index contributed by atoms with van der Waals surface area (Å²) in [6.45, 7) is 1.68. The van der Waals surface area contributed by atoms with Gasteiger partial charge < -0.3 is 0 Å². The fourth-order valence-electron chi connectivity index (χ4n) is 2.71. The van der Waals surface area contributed by atoms with E-state index in [0.717, 1.165) is 30.7 Å². The number of fused-ring (bicyclic) bond motifs is 1. The molecule has 7 nitrogen and oxygen atoms in total. The Hall–Kier alpha value is -1.51. The van der Waals surface area contributed by atoms with Crippen LogP contribution in [0.25, 0.3) is 5.65 Å². The predicted molar refractivity (Wildman–Crippen MR) is 83.7 cm³/mol. The Morgan fingerprint density at radius 2 is 1.95 bits per heavy atom. The lowest BCUT2D eigenvalue weighted by molar-refractivity contribution is 0.341. The first-order valence-electron chi connectivity index (χ1n) is 7.70. The molecule has 8 heteroatoms. The van der Waals surface area contributed by atoms with Crippen molar-refractivity contribution in [1.29, 1.82) is 0 Å². The van der Waals surface area contributed by atoms with Gasteiger partial charge in [0, 0.05) is 32.3 Å². The molecule has 1 saturated heterocycles. The number of aryl methyl sites for hydroxylation is 1. The maximum Gasteiger partial charge on any atom is 0.279 e. The monoisotopic (exact) mass is 323 g/mol. The zero-order valence-corrected chi connectivity index (χ0v) is 13.3. The van der Waals surface area contributed by atoms with E-state index in [4.69, 9.17) is 0 Å². The zero-order valence-electron chi connectivity index (χ0n) is 12.5. The van der Waals surface area contributed by atoms with E-state index < -0.39 is 10.2 Å². The van der Waals surface area contributed by atoms with Gasteiger partial charge in [-0.2, -0.15) is 12.7 Å². The number of nitrogens with one attached hydrogen (secondary N) is 1. The first-order chi connectivity index (χ1) is 10.7. The van der Waals surface area contributed by atoms with Crippen molar-refractivity contribution in [2.24, 2.45) is 0 Å². The molecule has 1 fully saturated rings. The van der Waals surface area contributed by atoms with Crippen molar-refractivity contribution in [3.8, 4) is 0 Å². The topological polar surface area (TPSA) is 79.6 Å². The fraction of sp³-hybridized carbons (Fsp3) is 0.571. The summed E-state index contributed by atoms with van der Waals surface area (Å²) in [7, 11) is -3.33. The van der Waals surface area contributed by atoms with Gasteiger partial charge in [-0.05, 0) is 31.4 Å². The minimum Gasteiger partial charge on any atom is -0.286 e. The Morgan fingerprint density at radius 3 is 2.77 bits per heavy atom. The maximum atomic E-state index is 12.1. The third kappa shape index (κ3) is 3.45. The summed E-state index contributed by atoms with van der Waals surface area (Å²) in [5.41, 5.74) is 0.811. The van der Waals surface area contributed by atoms with E-state index >= 15 is 0 Å². The molecule has 2 aromatic heterocycles. The van der Waals surface area contributed by atoms with E-state index in [1.165, 1.54) is 0 Å². The number of hydrogen-bond acceptors (Lipinski definition) is 4. The average molecular weight is 323 g/mol. The highest BCUT2D eigenvalue weighted by molar-refractivity contribution is 7.87. The largest absolute Gasteiger partial charge is 0.286 e. The molecule has 0 saturated carbocycles. The third-order valence-electron chi connectivity index (χ3n) is 3.90. The molecule has 3 heterocycles. The molecule has 0 unspecified atom stereocenters. The summed E-state index contributed by atoms with van der Waals surface area (Å²) in [4.78, 5) is 0. The van der Waals surface area contributed by atoms with Gasteiger partial charge in [-0.25, -0.2) is 4.72 Å². The second-order valence-corrected chi connectivity index (χ2v) is 7.26. The van der Waals surface area contributed by atoms with Crippen LogP contribution in [0.5, 0.6) is 0 Å². The second-order valence-electron chi connectivity index (χ2n) is 5.51. The lowest BCUT2D eigenvalue weighted by atomic mass is 10.2. The number of nitrogens with zero attached hydrogens (tertiary/aromatic N) is 4. The third-order valence-corrected chi connectivity index (χ3v) is 5.51. The molecule has 1 aliphatic heterocycles. The van der Waals surface area contributed by atoms with E-state index in [1.54, 1.807) is 4.31 Å². The van der Waals surface area contributed by atoms with Crippen molar-refractivity contribution < 1.29 is 8.42 Å². The van der Waals surface area contributed by atoms with Crippen LogP contribution in [0.1, 0.15) is 31.5 Å². The molecule has 1 N–H and O–H groups in total. The molecule has 22 heavy (non-hydrogen) atoms. The van der Waals surface area contributed by atoms with E-state index in [0.29, 0.717) is 32.5 Å². The Morgan fingerprint density at radius 1 is 1.14 bits per heavy atom. The highest BCUT2D eigenvalue weighted by atomic mass is 32.2. The molecule has 1 aliphatic rings. The van der Waals surface area contributed by atoms with Crippen molar-refractivity contribution in [3.05, 3.63) is 30.2 Å². The van der Waals surface area contributed by atoms with Crippen LogP contribution in [-0.2, 0) is 16.6 Å². The van der Waals surface area contributed by atoms with E-state index in [2.05, 4.69) is 14.9 Å². The minimum atomic E-state index is -3.33. The SMILES string of the molecule is O=S(=O)(NCCCc1nnc2ccccn12)N1CCCCC1. The van der Waals surface area contributed by atoms with Gasteiger partial charge in [0.05, 0.1) is 0 Å². The van der Waals surface area contributed by atoms with Gasteiger partial charge in [0.2, 0.25) is 0 Å². The number of aromatic nitrogens is 3. The van der Waals surface area contributed by atoms with Crippen molar-refractivity contribution in [2.75, 3.05) is 19.6 Å². The highest BCUT2D eigenvalue weighted by Gasteiger charge is 2.22. The average Bonchev–Trinajstić information content (AvgIpc) is 2.96. The van der Waals surface area contributed by atoms with Crippen LogP contribution in [0.2, 0.25) is 0 Å². The smallest absolute Gasteiger partial charge is 0.279 e. The van der Waals surface area contributed by atoms with E-state index in [-0.39, 0.29) is 0 Å². The van der Waals surface area contributed by atoms with Gasteiger partial charge in [-0.1, -0.05) is 12.5 Å². The van der Waals surface area contributed by atoms with Crippen LogP contribution in [0.3, 0.4) is 0 Å². The summed E-state index contributed by atoms with van der Waals surface area (Å²) in [6.07, 6.45) is 6.32. The maximum absolute atomic E-state index is 12.1. The molecule has 0 atom stereocenters. The van der Waals surface area contributed by atoms with Crippen LogP contribution in [0, 0.1) is 0 Å². The Kier molecular flexibility index (Phi) is 4.70. The number of pyridine rings is 1. The molecule has 3 rings (SSSR count). The lowest BCUT2D eigenvalue weighted by Crippen LogP contribution is -2.43. The first kappa shape index (κ1) is 15.4. The molecule has 0 spiro atoms. The highest BCUT2D eigenvalue weighted by Crippen LogP contribution is 2.12. The molecular weight excluding hydrogens is 302 g/mol. The lowest BCUT2D eigenvalue weighted by Gasteiger charge is -2.25. The van der Waals surface area contributed by atoms with E-state index in [1.807, 2.05) is 28.8 Å². The summed E-state index contributed by atoms with van der Waals surface area (Å²) in [5, 5.41) is 8.23. The molecule has 0 aromatic carbocycles. The molecule has 0 aliphatic carbocycles. The normalized spacial score (nSPS) is 17.1. The van der Waals surface area contributed by atoms with Gasteiger partial charge in [-0.3, -0.25) is 4.40 Å². The molecule has 120 valence electrons. The van der Waals surface area contributed by atoms with Crippen molar-refractivity contribution in [3.63, 3.8) is 0 Å². The first-order valence-corrected chi connectivity index (χ1v) is 9.14. The molecule has 0 amide bonds. The Balaban J connectivity index is 1.51. The van der Waals surface area contributed by atoms with Crippen molar-refractivity contribution >= 4 is 15.9 Å². The predicted octanol–water partition coefficient (Wildman–Crippen LogP) is 0.982. The summed E-state index contributed by atoms with van der Waals surface area (Å²) >= 11 is 0. The minimum absolute atomic E-state index is 0.417. The molecule has 0 radical (unpaired) electrons. The summed E-state index contributed by atoms with van der Waals surface area (Å²) in [5.74, 6) is 0.854. The van der Waals surface area contributed by atoms with Crippen LogP contribution in [0.15, 0.2) is 24.4 Å². The summed E-state index contributed by atoms with van der Waals surface area (Å²) in [6, 6.07) is 5.75. The van der Waals surface area contributed by atoms with Crippen molar-refractivity contribution in [2.45, 2.75) is 32.1 Å². The van der Waals surface area contributed by atoms with Crippen LogP contribution in [0.4, 0.5) is 0 Å². The zero-order chi connectivity index (χ0) is 15.4. The van der Waals surface area contributed by atoms with Crippen molar-refractivity contribution in [1.82, 2.24) is 23.6 Å². The quantitative estimate of drug-likeness (QED) is 0.804. The van der Waals surface area contributed by atoms with Gasteiger partial charge in [0.25, 0.3) is 10.2 Å². The van der Waals surface area contributed by atoms with Crippen LogP contribution >= 0.6 is 0 Å². The van der Waals surface area contributed by atoms with Gasteiger partial charge in [-0.15, -0.1) is 10.2 Å². The number of piperidine rings is 1. The van der Waals surface area contributed by atoms with Gasteiger partial charge >= 0.3 is 0 Å². The number of rotatable bonds is 6. The fourth-order valence-corrected chi connectivity index (χ4v) is 4.03. The van der Waals surface area contributed by atoms with E-state index in [9.17, 15) is 8.42 Å². The Bertz CT molecular complexity index is 722. The van der Waals surface area contributed by atoms with Crippen LogP contribution < -0.4 is 4.72 Å². The molecule has 2 aromatic rings.